The molecule has 0 aromatic rings. The largest absolute Gasteiger partial charge is 0.462 e. The fourth-order valence-corrected chi connectivity index (χ4v) is 4.81. The lowest BCUT2D eigenvalue weighted by molar-refractivity contribution is -0.157. The molecule has 0 N–H and O–H groups in total. The van der Waals surface area contributed by atoms with Crippen LogP contribution in [-0.4, -0.2) is 12.1 Å². The van der Waals surface area contributed by atoms with Crippen molar-refractivity contribution in [1.82, 2.24) is 0 Å². The standard InChI is InChI=1S/C16H24O2/c1-10(17)18-13-7-5-6-12-14-11(15(14,2)3)8-9-16(12,13)4/h5-6,11-14H,7-9H2,1-4H3/t11-,12+,13-,14-,16+/m0/s1. The minimum atomic E-state index is -0.132. The van der Waals surface area contributed by atoms with Gasteiger partial charge in [-0.2, -0.15) is 0 Å². The highest BCUT2D eigenvalue weighted by Gasteiger charge is 2.67. The van der Waals surface area contributed by atoms with Crippen LogP contribution in [0.5, 0.6) is 0 Å². The molecule has 0 aliphatic heterocycles. The molecule has 2 nitrogen and oxygen atoms in total. The van der Waals surface area contributed by atoms with Gasteiger partial charge >= 0.3 is 5.97 Å². The van der Waals surface area contributed by atoms with Crippen LogP contribution in [0.15, 0.2) is 12.2 Å². The van der Waals surface area contributed by atoms with Crippen LogP contribution in [0.1, 0.15) is 47.0 Å². The van der Waals surface area contributed by atoms with E-state index in [9.17, 15) is 4.79 Å². The first-order valence-electron chi connectivity index (χ1n) is 7.21. The summed E-state index contributed by atoms with van der Waals surface area (Å²) >= 11 is 0. The van der Waals surface area contributed by atoms with Crippen molar-refractivity contribution in [3.05, 3.63) is 12.2 Å². The van der Waals surface area contributed by atoms with Crippen molar-refractivity contribution in [2.45, 2.75) is 53.1 Å². The van der Waals surface area contributed by atoms with Crippen LogP contribution in [0.2, 0.25) is 0 Å². The zero-order valence-electron chi connectivity index (χ0n) is 11.9. The molecular formula is C16H24O2. The molecule has 0 aromatic heterocycles. The van der Waals surface area contributed by atoms with Gasteiger partial charge in [-0.3, -0.25) is 4.79 Å². The Morgan fingerprint density at radius 2 is 2.06 bits per heavy atom. The van der Waals surface area contributed by atoms with Crippen molar-refractivity contribution in [2.75, 3.05) is 0 Å². The average Bonchev–Trinajstić information content (AvgIpc) is 2.82. The Bertz CT molecular complexity index is 409. The number of esters is 1. The van der Waals surface area contributed by atoms with Gasteiger partial charge in [0, 0.05) is 18.8 Å². The summed E-state index contributed by atoms with van der Waals surface area (Å²) in [5.74, 6) is 2.15. The van der Waals surface area contributed by atoms with Crippen molar-refractivity contribution in [1.29, 1.82) is 0 Å². The van der Waals surface area contributed by atoms with E-state index in [0.717, 1.165) is 18.3 Å². The van der Waals surface area contributed by atoms with Gasteiger partial charge in [-0.1, -0.05) is 32.9 Å². The molecule has 18 heavy (non-hydrogen) atoms. The number of carbonyl (C=O) groups excluding carboxylic acids is 1. The summed E-state index contributed by atoms with van der Waals surface area (Å²) in [4.78, 5) is 11.3. The van der Waals surface area contributed by atoms with Gasteiger partial charge in [0.25, 0.3) is 0 Å². The van der Waals surface area contributed by atoms with Crippen molar-refractivity contribution < 1.29 is 9.53 Å². The lowest BCUT2D eigenvalue weighted by Crippen LogP contribution is -2.46. The first-order valence-corrected chi connectivity index (χ1v) is 7.21. The van der Waals surface area contributed by atoms with Gasteiger partial charge in [0.15, 0.2) is 0 Å². The number of rotatable bonds is 1. The summed E-state index contributed by atoms with van der Waals surface area (Å²) in [6.07, 6.45) is 8.12. The normalized spacial score (nSPS) is 48.0. The molecule has 100 valence electrons. The number of hydrogen-bond acceptors (Lipinski definition) is 2. The number of allylic oxidation sites excluding steroid dienone is 1. The smallest absolute Gasteiger partial charge is 0.302 e. The molecule has 2 fully saturated rings. The second kappa shape index (κ2) is 3.61. The van der Waals surface area contributed by atoms with E-state index in [-0.39, 0.29) is 17.5 Å². The summed E-state index contributed by atoms with van der Waals surface area (Å²) in [5, 5.41) is 0. The third kappa shape index (κ3) is 1.50. The van der Waals surface area contributed by atoms with Gasteiger partial charge in [-0.05, 0) is 36.0 Å². The summed E-state index contributed by atoms with van der Waals surface area (Å²) in [5.41, 5.74) is 0.653. The van der Waals surface area contributed by atoms with E-state index in [0.29, 0.717) is 11.3 Å². The highest BCUT2D eigenvalue weighted by molar-refractivity contribution is 5.66. The topological polar surface area (TPSA) is 26.3 Å². The van der Waals surface area contributed by atoms with E-state index in [1.54, 1.807) is 0 Å². The molecule has 2 saturated carbocycles. The molecule has 0 unspecified atom stereocenters. The number of carbonyl (C=O) groups is 1. The first kappa shape index (κ1) is 12.3. The van der Waals surface area contributed by atoms with Crippen LogP contribution in [-0.2, 0) is 9.53 Å². The van der Waals surface area contributed by atoms with E-state index in [1.807, 2.05) is 0 Å². The van der Waals surface area contributed by atoms with Crippen LogP contribution in [0.3, 0.4) is 0 Å². The maximum absolute atomic E-state index is 11.3. The van der Waals surface area contributed by atoms with Gasteiger partial charge in [-0.15, -0.1) is 0 Å². The third-order valence-electron chi connectivity index (χ3n) is 6.02. The molecule has 0 aromatic carbocycles. The number of ether oxygens (including phenoxy) is 1. The highest BCUT2D eigenvalue weighted by atomic mass is 16.5. The molecule has 5 atom stereocenters. The van der Waals surface area contributed by atoms with Crippen molar-refractivity contribution in [2.24, 2.45) is 28.6 Å². The summed E-state index contributed by atoms with van der Waals surface area (Å²) in [6, 6.07) is 0. The Hall–Kier alpha value is -0.790. The molecule has 3 aliphatic carbocycles. The minimum absolute atomic E-state index is 0.0855. The lowest BCUT2D eigenvalue weighted by Gasteiger charge is -2.47. The average molecular weight is 248 g/mol. The summed E-state index contributed by atoms with van der Waals surface area (Å²) < 4.78 is 5.61. The fraction of sp³-hybridized carbons (Fsp3) is 0.812. The van der Waals surface area contributed by atoms with Crippen LogP contribution >= 0.6 is 0 Å². The van der Waals surface area contributed by atoms with E-state index in [1.165, 1.54) is 19.8 Å². The molecule has 2 heteroatoms. The Morgan fingerprint density at radius 3 is 2.72 bits per heavy atom. The summed E-state index contributed by atoms with van der Waals surface area (Å²) in [6.45, 7) is 8.66. The van der Waals surface area contributed by atoms with Crippen molar-refractivity contribution in [3.63, 3.8) is 0 Å². The van der Waals surface area contributed by atoms with Gasteiger partial charge in [0.1, 0.15) is 6.10 Å². The molecule has 0 saturated heterocycles. The zero-order chi connectivity index (χ0) is 13.1. The monoisotopic (exact) mass is 248 g/mol. The van der Waals surface area contributed by atoms with E-state index in [2.05, 4.69) is 32.9 Å². The van der Waals surface area contributed by atoms with E-state index in [4.69, 9.17) is 4.74 Å². The Labute approximate surface area is 110 Å². The molecule has 0 heterocycles. The predicted octanol–water partition coefficient (Wildman–Crippen LogP) is 3.57. The van der Waals surface area contributed by atoms with Crippen molar-refractivity contribution >= 4 is 5.97 Å². The Balaban J connectivity index is 1.89. The van der Waals surface area contributed by atoms with Gasteiger partial charge in [0.2, 0.25) is 0 Å². The molecule has 3 rings (SSSR count). The Kier molecular flexibility index (Phi) is 2.46. The predicted molar refractivity (Wildman–Crippen MR) is 70.9 cm³/mol. The third-order valence-corrected chi connectivity index (χ3v) is 6.02. The van der Waals surface area contributed by atoms with E-state index < -0.39 is 0 Å². The maximum atomic E-state index is 11.3. The zero-order valence-corrected chi connectivity index (χ0v) is 11.9. The SMILES string of the molecule is CC(=O)O[C@H]1CC=C[C@@H]2[C@@H]3[C@H](CC[C@@]12C)C3(C)C. The van der Waals surface area contributed by atoms with Gasteiger partial charge in [0.05, 0.1) is 0 Å². The van der Waals surface area contributed by atoms with Crippen LogP contribution < -0.4 is 0 Å². The minimum Gasteiger partial charge on any atom is -0.462 e. The highest BCUT2D eigenvalue weighted by Crippen LogP contribution is 2.72. The quantitative estimate of drug-likeness (QED) is 0.524. The van der Waals surface area contributed by atoms with Crippen molar-refractivity contribution in [3.8, 4) is 0 Å². The molecule has 0 amide bonds. The molecule has 3 aliphatic rings. The second-order valence-corrected chi connectivity index (χ2v) is 7.29. The molecule has 0 radical (unpaired) electrons. The second-order valence-electron chi connectivity index (χ2n) is 7.29. The van der Waals surface area contributed by atoms with Gasteiger partial charge in [-0.25, -0.2) is 0 Å². The van der Waals surface area contributed by atoms with Gasteiger partial charge < -0.3 is 4.74 Å². The van der Waals surface area contributed by atoms with Crippen LogP contribution in [0.4, 0.5) is 0 Å². The number of hydrogen-bond donors (Lipinski definition) is 0. The van der Waals surface area contributed by atoms with Crippen LogP contribution in [0.25, 0.3) is 0 Å². The van der Waals surface area contributed by atoms with E-state index >= 15 is 0 Å². The first-order chi connectivity index (χ1) is 8.37. The Morgan fingerprint density at radius 1 is 1.33 bits per heavy atom. The molecular weight excluding hydrogens is 224 g/mol. The fourth-order valence-electron chi connectivity index (χ4n) is 4.81. The summed E-state index contributed by atoms with van der Waals surface area (Å²) in [7, 11) is 0. The van der Waals surface area contributed by atoms with Crippen LogP contribution in [0, 0.1) is 28.6 Å². The molecule has 0 bridgehead atoms. The maximum Gasteiger partial charge on any atom is 0.302 e. The number of fused-ring (bicyclic) bond motifs is 3. The molecule has 0 spiro atoms. The lowest BCUT2D eigenvalue weighted by atomic mass is 9.61.